The van der Waals surface area contributed by atoms with Crippen LogP contribution in [0.5, 0.6) is 5.75 Å². The van der Waals surface area contributed by atoms with E-state index < -0.39 is 0 Å². The second-order valence-corrected chi connectivity index (χ2v) is 5.28. The lowest BCUT2D eigenvalue weighted by atomic mass is 10.2. The molecule has 1 aromatic heterocycles. The maximum absolute atomic E-state index is 5.77. The zero-order valence-corrected chi connectivity index (χ0v) is 12.2. The van der Waals surface area contributed by atoms with E-state index in [2.05, 4.69) is 36.3 Å². The molecule has 2 aromatic rings. The van der Waals surface area contributed by atoms with Crippen LogP contribution in [-0.2, 0) is 13.2 Å². The average molecular weight is 270 g/mol. The second-order valence-electron chi connectivity index (χ2n) is 5.28. The van der Waals surface area contributed by atoms with Crippen molar-refractivity contribution in [3.05, 3.63) is 59.9 Å². The van der Waals surface area contributed by atoms with E-state index in [0.29, 0.717) is 12.5 Å². The highest BCUT2D eigenvalue weighted by Crippen LogP contribution is 2.14. The van der Waals surface area contributed by atoms with Crippen molar-refractivity contribution >= 4 is 0 Å². The Hall–Kier alpha value is -1.87. The summed E-state index contributed by atoms with van der Waals surface area (Å²) in [5.74, 6) is 1.55. The van der Waals surface area contributed by atoms with Gasteiger partial charge in [-0.2, -0.15) is 0 Å². The molecule has 0 saturated heterocycles. The molecule has 0 bridgehead atoms. The first-order chi connectivity index (χ1) is 9.74. The zero-order chi connectivity index (χ0) is 14.2. The Morgan fingerprint density at radius 2 is 2.05 bits per heavy atom. The Morgan fingerprint density at radius 3 is 2.80 bits per heavy atom. The lowest BCUT2D eigenvalue weighted by molar-refractivity contribution is 0.301. The number of rotatable bonds is 7. The van der Waals surface area contributed by atoms with Crippen LogP contribution in [0.1, 0.15) is 25.1 Å². The minimum Gasteiger partial charge on any atom is -0.487 e. The number of aromatic nitrogens is 1. The maximum Gasteiger partial charge on any atom is 0.130 e. The van der Waals surface area contributed by atoms with Crippen molar-refractivity contribution < 1.29 is 4.74 Å². The quantitative estimate of drug-likeness (QED) is 0.837. The van der Waals surface area contributed by atoms with Gasteiger partial charge in [-0.15, -0.1) is 0 Å². The number of pyridine rings is 1. The summed E-state index contributed by atoms with van der Waals surface area (Å²) in [6.45, 7) is 6.82. The van der Waals surface area contributed by atoms with Gasteiger partial charge in [-0.1, -0.05) is 32.0 Å². The van der Waals surface area contributed by atoms with E-state index in [-0.39, 0.29) is 0 Å². The van der Waals surface area contributed by atoms with Crippen LogP contribution < -0.4 is 10.1 Å². The van der Waals surface area contributed by atoms with Crippen LogP contribution in [0.2, 0.25) is 0 Å². The van der Waals surface area contributed by atoms with Crippen LogP contribution in [0, 0.1) is 5.92 Å². The molecule has 0 spiro atoms. The van der Waals surface area contributed by atoms with E-state index in [0.717, 1.165) is 24.5 Å². The molecule has 0 amide bonds. The van der Waals surface area contributed by atoms with E-state index in [9.17, 15) is 0 Å². The highest BCUT2D eigenvalue weighted by atomic mass is 16.5. The lowest BCUT2D eigenvalue weighted by Crippen LogP contribution is -2.18. The van der Waals surface area contributed by atoms with Crippen molar-refractivity contribution in [2.24, 2.45) is 5.92 Å². The Labute approximate surface area is 121 Å². The van der Waals surface area contributed by atoms with Crippen molar-refractivity contribution in [3.8, 4) is 5.75 Å². The van der Waals surface area contributed by atoms with E-state index in [1.807, 2.05) is 30.3 Å². The maximum atomic E-state index is 5.77. The molecule has 3 heteroatoms. The van der Waals surface area contributed by atoms with Gasteiger partial charge < -0.3 is 10.1 Å². The van der Waals surface area contributed by atoms with E-state index in [1.165, 1.54) is 5.56 Å². The molecule has 0 aliphatic carbocycles. The predicted molar refractivity (Wildman–Crippen MR) is 81.6 cm³/mol. The Morgan fingerprint density at radius 1 is 1.15 bits per heavy atom. The number of benzene rings is 1. The van der Waals surface area contributed by atoms with Gasteiger partial charge in [-0.05, 0) is 42.3 Å². The molecule has 0 unspecified atom stereocenters. The number of hydrogen-bond acceptors (Lipinski definition) is 3. The van der Waals surface area contributed by atoms with Gasteiger partial charge >= 0.3 is 0 Å². The zero-order valence-electron chi connectivity index (χ0n) is 12.2. The van der Waals surface area contributed by atoms with Crippen molar-refractivity contribution in [3.63, 3.8) is 0 Å². The van der Waals surface area contributed by atoms with E-state index >= 15 is 0 Å². The molecule has 0 aliphatic rings. The molecule has 1 heterocycles. The molecule has 2 rings (SSSR count). The van der Waals surface area contributed by atoms with Crippen molar-refractivity contribution in [2.45, 2.75) is 27.0 Å². The van der Waals surface area contributed by atoms with Gasteiger partial charge in [-0.25, -0.2) is 0 Å². The summed E-state index contributed by atoms with van der Waals surface area (Å²) in [5, 5.41) is 3.43. The standard InChI is InChI=1S/C17H22N2O/c1-14(2)11-18-12-15-6-5-8-17(10-15)20-13-16-7-3-4-9-19-16/h3-10,14,18H,11-13H2,1-2H3. The van der Waals surface area contributed by atoms with E-state index in [4.69, 9.17) is 4.74 Å². The lowest BCUT2D eigenvalue weighted by Gasteiger charge is -2.10. The van der Waals surface area contributed by atoms with Gasteiger partial charge in [-0.3, -0.25) is 4.98 Å². The Kier molecular flexibility index (Phi) is 5.56. The summed E-state index contributed by atoms with van der Waals surface area (Å²) in [6, 6.07) is 14.0. The van der Waals surface area contributed by atoms with Crippen molar-refractivity contribution in [1.29, 1.82) is 0 Å². The van der Waals surface area contributed by atoms with Gasteiger partial charge in [0.05, 0.1) is 5.69 Å². The van der Waals surface area contributed by atoms with Crippen LogP contribution in [0.15, 0.2) is 48.7 Å². The molecular weight excluding hydrogens is 248 g/mol. The molecular formula is C17H22N2O. The molecule has 0 aliphatic heterocycles. The monoisotopic (exact) mass is 270 g/mol. The summed E-state index contributed by atoms with van der Waals surface area (Å²) < 4.78 is 5.77. The fourth-order valence-electron chi connectivity index (χ4n) is 1.89. The van der Waals surface area contributed by atoms with Crippen LogP contribution in [0.4, 0.5) is 0 Å². The first-order valence-corrected chi connectivity index (χ1v) is 7.06. The SMILES string of the molecule is CC(C)CNCc1cccc(OCc2ccccn2)c1. The van der Waals surface area contributed by atoms with Gasteiger partial charge in [0.15, 0.2) is 0 Å². The average Bonchev–Trinajstić information content (AvgIpc) is 2.46. The van der Waals surface area contributed by atoms with Gasteiger partial charge in [0.1, 0.15) is 12.4 Å². The summed E-state index contributed by atoms with van der Waals surface area (Å²) in [6.07, 6.45) is 1.78. The summed E-state index contributed by atoms with van der Waals surface area (Å²) in [5.41, 5.74) is 2.18. The molecule has 0 atom stereocenters. The first-order valence-electron chi connectivity index (χ1n) is 7.06. The fourth-order valence-corrected chi connectivity index (χ4v) is 1.89. The normalized spacial score (nSPS) is 10.8. The number of ether oxygens (including phenoxy) is 1. The third-order valence-corrected chi connectivity index (χ3v) is 2.89. The first kappa shape index (κ1) is 14.5. The van der Waals surface area contributed by atoms with Gasteiger partial charge in [0.2, 0.25) is 0 Å². The molecule has 0 fully saturated rings. The highest BCUT2D eigenvalue weighted by molar-refractivity contribution is 5.28. The van der Waals surface area contributed by atoms with E-state index in [1.54, 1.807) is 6.20 Å². The van der Waals surface area contributed by atoms with Gasteiger partial charge in [0, 0.05) is 12.7 Å². The second kappa shape index (κ2) is 7.65. The third kappa shape index (κ3) is 5.02. The molecule has 1 N–H and O–H groups in total. The van der Waals surface area contributed by atoms with Crippen molar-refractivity contribution in [1.82, 2.24) is 10.3 Å². The number of nitrogens with zero attached hydrogens (tertiary/aromatic N) is 1. The van der Waals surface area contributed by atoms with Crippen LogP contribution in [-0.4, -0.2) is 11.5 Å². The molecule has 0 radical (unpaired) electrons. The molecule has 0 saturated carbocycles. The van der Waals surface area contributed by atoms with Crippen LogP contribution in [0.25, 0.3) is 0 Å². The summed E-state index contributed by atoms with van der Waals surface area (Å²) in [7, 11) is 0. The molecule has 20 heavy (non-hydrogen) atoms. The Balaban J connectivity index is 1.86. The fraction of sp³-hybridized carbons (Fsp3) is 0.353. The largest absolute Gasteiger partial charge is 0.487 e. The number of hydrogen-bond donors (Lipinski definition) is 1. The van der Waals surface area contributed by atoms with Crippen LogP contribution in [0.3, 0.4) is 0 Å². The molecule has 1 aromatic carbocycles. The summed E-state index contributed by atoms with van der Waals surface area (Å²) in [4.78, 5) is 4.25. The minimum atomic E-state index is 0.504. The predicted octanol–water partition coefficient (Wildman–Crippen LogP) is 3.41. The number of nitrogens with one attached hydrogen (secondary N) is 1. The highest BCUT2D eigenvalue weighted by Gasteiger charge is 1.99. The van der Waals surface area contributed by atoms with Gasteiger partial charge in [0.25, 0.3) is 0 Å². The Bertz CT molecular complexity index is 511. The molecule has 3 nitrogen and oxygen atoms in total. The molecule has 106 valence electrons. The summed E-state index contributed by atoms with van der Waals surface area (Å²) >= 11 is 0. The minimum absolute atomic E-state index is 0.504. The van der Waals surface area contributed by atoms with Crippen LogP contribution >= 0.6 is 0 Å². The smallest absolute Gasteiger partial charge is 0.130 e. The topological polar surface area (TPSA) is 34.1 Å². The third-order valence-electron chi connectivity index (χ3n) is 2.89. The van der Waals surface area contributed by atoms with Crippen molar-refractivity contribution in [2.75, 3.05) is 6.54 Å².